The van der Waals surface area contributed by atoms with Crippen LogP contribution in [0.15, 0.2) is 42.5 Å². The van der Waals surface area contributed by atoms with E-state index in [2.05, 4.69) is 12.1 Å². The molecule has 3 heteroatoms. The second kappa shape index (κ2) is 10.5. The molecule has 2 rings (SSSR count). The number of aryl methyl sites for hydroxylation is 2. The van der Waals surface area contributed by atoms with E-state index in [1.807, 2.05) is 30.3 Å². The summed E-state index contributed by atoms with van der Waals surface area (Å²) in [5.74, 6) is 1.73. The first-order valence-corrected chi connectivity index (χ1v) is 9.02. The predicted octanol–water partition coefficient (Wildman–Crippen LogP) is 5.25. The van der Waals surface area contributed by atoms with Crippen molar-refractivity contribution in [2.45, 2.75) is 44.9 Å². The van der Waals surface area contributed by atoms with Crippen molar-refractivity contribution in [3.05, 3.63) is 59.2 Å². The van der Waals surface area contributed by atoms with E-state index < -0.39 is 0 Å². The van der Waals surface area contributed by atoms with Crippen LogP contribution in [0.3, 0.4) is 0 Å². The summed E-state index contributed by atoms with van der Waals surface area (Å²) in [6.45, 7) is 0. The first-order valence-electron chi connectivity index (χ1n) is 9.02. The van der Waals surface area contributed by atoms with Gasteiger partial charge in [-0.3, -0.25) is 4.79 Å². The lowest BCUT2D eigenvalue weighted by Crippen LogP contribution is -1.95. The van der Waals surface area contributed by atoms with Crippen molar-refractivity contribution in [3.8, 4) is 11.5 Å². The number of methoxy groups -OCH3 is 2. The number of carbonyl (C=O) groups excluding carboxylic acids is 1. The van der Waals surface area contributed by atoms with Crippen LogP contribution in [0.4, 0.5) is 0 Å². The highest BCUT2D eigenvalue weighted by molar-refractivity contribution is 5.77. The van der Waals surface area contributed by atoms with E-state index in [1.54, 1.807) is 14.2 Å². The zero-order chi connectivity index (χ0) is 17.9. The number of hydrogen-bond donors (Lipinski definition) is 0. The topological polar surface area (TPSA) is 35.5 Å². The Morgan fingerprint density at radius 2 is 1.36 bits per heavy atom. The van der Waals surface area contributed by atoms with Crippen LogP contribution in [-0.2, 0) is 12.8 Å². The summed E-state index contributed by atoms with van der Waals surface area (Å²) >= 11 is 0. The lowest BCUT2D eigenvalue weighted by atomic mass is 10.00. The number of carbonyl (C=O) groups is 1. The van der Waals surface area contributed by atoms with Crippen LogP contribution in [0.5, 0.6) is 11.5 Å². The van der Waals surface area contributed by atoms with Gasteiger partial charge in [0, 0.05) is 5.56 Å². The van der Waals surface area contributed by atoms with Gasteiger partial charge >= 0.3 is 0 Å². The molecule has 25 heavy (non-hydrogen) atoms. The zero-order valence-electron chi connectivity index (χ0n) is 15.3. The van der Waals surface area contributed by atoms with Gasteiger partial charge in [-0.25, -0.2) is 0 Å². The highest BCUT2D eigenvalue weighted by Gasteiger charge is 2.04. The maximum absolute atomic E-state index is 11.1. The van der Waals surface area contributed by atoms with Crippen LogP contribution in [0.2, 0.25) is 0 Å². The molecule has 0 amide bonds. The summed E-state index contributed by atoms with van der Waals surface area (Å²) in [4.78, 5) is 11.1. The van der Waals surface area contributed by atoms with Crippen molar-refractivity contribution in [1.82, 2.24) is 0 Å². The Kier molecular flexibility index (Phi) is 8.03. The fraction of sp³-hybridized carbons (Fsp3) is 0.409. The minimum atomic E-state index is 0.778. The van der Waals surface area contributed by atoms with Crippen LogP contribution in [0.25, 0.3) is 0 Å². The van der Waals surface area contributed by atoms with E-state index in [1.165, 1.54) is 31.2 Å². The maximum Gasteiger partial charge on any atom is 0.150 e. The Bertz CT molecular complexity index is 647. The minimum absolute atomic E-state index is 0.778. The second-order valence-electron chi connectivity index (χ2n) is 6.30. The van der Waals surface area contributed by atoms with Gasteiger partial charge in [0.2, 0.25) is 0 Å². The monoisotopic (exact) mass is 340 g/mol. The highest BCUT2D eigenvalue weighted by Crippen LogP contribution is 2.19. The zero-order valence-corrected chi connectivity index (χ0v) is 15.3. The summed E-state index contributed by atoms with van der Waals surface area (Å²) in [6.07, 6.45) is 8.98. The number of benzene rings is 2. The molecule has 3 nitrogen and oxygen atoms in total. The smallest absolute Gasteiger partial charge is 0.150 e. The van der Waals surface area contributed by atoms with Gasteiger partial charge in [-0.2, -0.15) is 0 Å². The molecule has 0 fully saturated rings. The average molecular weight is 340 g/mol. The van der Waals surface area contributed by atoms with Gasteiger partial charge < -0.3 is 9.47 Å². The molecular weight excluding hydrogens is 312 g/mol. The molecule has 0 aliphatic heterocycles. The van der Waals surface area contributed by atoms with Crippen molar-refractivity contribution in [3.63, 3.8) is 0 Å². The largest absolute Gasteiger partial charge is 0.497 e. The Balaban J connectivity index is 1.64. The number of ether oxygens (including phenoxy) is 2. The Labute approximate surface area is 151 Å². The first kappa shape index (κ1) is 19.0. The van der Waals surface area contributed by atoms with E-state index >= 15 is 0 Å². The molecule has 0 spiro atoms. The molecule has 2 aromatic rings. The summed E-state index contributed by atoms with van der Waals surface area (Å²) in [5, 5.41) is 0. The number of hydrogen-bond acceptors (Lipinski definition) is 3. The molecule has 0 N–H and O–H groups in total. The Morgan fingerprint density at radius 3 is 2.00 bits per heavy atom. The van der Waals surface area contributed by atoms with E-state index in [4.69, 9.17) is 9.47 Å². The first-order chi connectivity index (χ1) is 12.3. The number of aldehydes is 1. The number of unbranched alkanes of at least 4 members (excludes halogenated alkanes) is 4. The van der Waals surface area contributed by atoms with Crippen molar-refractivity contribution >= 4 is 6.29 Å². The molecule has 0 radical (unpaired) electrons. The van der Waals surface area contributed by atoms with E-state index in [9.17, 15) is 4.79 Å². The Hall–Kier alpha value is -2.29. The summed E-state index contributed by atoms with van der Waals surface area (Å²) in [6, 6.07) is 14.0. The van der Waals surface area contributed by atoms with Crippen LogP contribution in [0.1, 0.15) is 53.6 Å². The van der Waals surface area contributed by atoms with Crippen molar-refractivity contribution < 1.29 is 14.3 Å². The normalized spacial score (nSPS) is 10.5. The van der Waals surface area contributed by atoms with Gasteiger partial charge in [-0.15, -0.1) is 0 Å². The van der Waals surface area contributed by atoms with Crippen LogP contribution in [0, 0.1) is 0 Å². The van der Waals surface area contributed by atoms with Gasteiger partial charge in [-0.1, -0.05) is 31.4 Å². The maximum atomic E-state index is 11.1. The van der Waals surface area contributed by atoms with Gasteiger partial charge in [0.15, 0.2) is 0 Å². The third kappa shape index (κ3) is 6.26. The molecular formula is C22H28O3. The lowest BCUT2D eigenvalue weighted by Gasteiger charge is -2.08. The minimum Gasteiger partial charge on any atom is -0.497 e. The fourth-order valence-electron chi connectivity index (χ4n) is 3.01. The molecule has 0 saturated heterocycles. The van der Waals surface area contributed by atoms with Crippen LogP contribution in [-0.4, -0.2) is 20.5 Å². The van der Waals surface area contributed by atoms with Gasteiger partial charge in [0.1, 0.15) is 17.8 Å². The van der Waals surface area contributed by atoms with E-state index in [0.717, 1.165) is 48.2 Å². The quantitative estimate of drug-likeness (QED) is 0.414. The third-order valence-electron chi connectivity index (χ3n) is 4.55. The molecule has 0 saturated carbocycles. The summed E-state index contributed by atoms with van der Waals surface area (Å²) < 4.78 is 10.4. The van der Waals surface area contributed by atoms with E-state index in [-0.39, 0.29) is 0 Å². The molecule has 0 atom stereocenters. The molecule has 0 aromatic heterocycles. The fourth-order valence-corrected chi connectivity index (χ4v) is 3.01. The molecule has 0 bridgehead atoms. The van der Waals surface area contributed by atoms with Crippen molar-refractivity contribution in [1.29, 1.82) is 0 Å². The molecule has 0 aliphatic rings. The van der Waals surface area contributed by atoms with Crippen LogP contribution >= 0.6 is 0 Å². The average Bonchev–Trinajstić information content (AvgIpc) is 2.67. The van der Waals surface area contributed by atoms with Gasteiger partial charge in [-0.05, 0) is 67.1 Å². The van der Waals surface area contributed by atoms with E-state index in [0.29, 0.717) is 0 Å². The lowest BCUT2D eigenvalue weighted by molar-refractivity contribution is 0.112. The predicted molar refractivity (Wildman–Crippen MR) is 102 cm³/mol. The number of rotatable bonds is 11. The van der Waals surface area contributed by atoms with Crippen molar-refractivity contribution in [2.24, 2.45) is 0 Å². The standard InChI is InChI=1S/C22H28O3/c1-24-21-13-10-18(11-14-21)8-6-4-3-5-7-9-19-16-22(25-2)15-12-20(19)17-23/h10-17H,3-9H2,1-2H3. The van der Waals surface area contributed by atoms with Crippen LogP contribution < -0.4 is 9.47 Å². The molecule has 0 aliphatic carbocycles. The molecule has 0 unspecified atom stereocenters. The second-order valence-corrected chi connectivity index (χ2v) is 6.30. The highest BCUT2D eigenvalue weighted by atomic mass is 16.5. The Morgan fingerprint density at radius 1 is 0.760 bits per heavy atom. The molecule has 2 aromatic carbocycles. The summed E-state index contributed by atoms with van der Waals surface area (Å²) in [5.41, 5.74) is 3.24. The SMILES string of the molecule is COc1ccc(CCCCCCCc2cc(OC)ccc2C=O)cc1. The van der Waals surface area contributed by atoms with Gasteiger partial charge in [0.05, 0.1) is 14.2 Å². The molecule has 134 valence electrons. The van der Waals surface area contributed by atoms with Crippen molar-refractivity contribution in [2.75, 3.05) is 14.2 Å². The molecule has 0 heterocycles. The van der Waals surface area contributed by atoms with Gasteiger partial charge in [0.25, 0.3) is 0 Å². The third-order valence-corrected chi connectivity index (χ3v) is 4.55. The summed E-state index contributed by atoms with van der Waals surface area (Å²) in [7, 11) is 3.35.